The first kappa shape index (κ1) is 15.9. The normalized spacial score (nSPS) is 10.5. The van der Waals surface area contributed by atoms with Gasteiger partial charge < -0.3 is 5.32 Å². The highest BCUT2D eigenvalue weighted by atomic mass is 16.1. The van der Waals surface area contributed by atoms with Crippen molar-refractivity contribution in [2.45, 2.75) is 26.4 Å². The Balaban J connectivity index is 1.49. The van der Waals surface area contributed by atoms with Crippen molar-refractivity contribution >= 4 is 5.91 Å². The summed E-state index contributed by atoms with van der Waals surface area (Å²) in [6.07, 6.45) is 3.63. The number of benzene rings is 2. The summed E-state index contributed by atoms with van der Waals surface area (Å²) >= 11 is 0. The molecule has 0 saturated carbocycles. The Kier molecular flexibility index (Phi) is 5.01. The summed E-state index contributed by atoms with van der Waals surface area (Å²) in [7, 11) is 0. The molecular formula is C19H20N4O. The van der Waals surface area contributed by atoms with E-state index in [9.17, 15) is 4.79 Å². The maximum Gasteiger partial charge on any atom is 0.224 e. The second kappa shape index (κ2) is 7.55. The lowest BCUT2D eigenvalue weighted by atomic mass is 10.1. The molecule has 0 radical (unpaired) electrons. The Morgan fingerprint density at radius 1 is 1.00 bits per heavy atom. The summed E-state index contributed by atoms with van der Waals surface area (Å²) in [6.45, 7) is 3.27. The number of nitrogens with one attached hydrogen (secondary N) is 1. The molecule has 0 spiro atoms. The fraction of sp³-hybridized carbons (Fsp3) is 0.211. The topological polar surface area (TPSA) is 59.8 Å². The zero-order chi connectivity index (χ0) is 16.8. The average Bonchev–Trinajstić information content (AvgIpc) is 3.09. The van der Waals surface area contributed by atoms with Crippen LogP contribution in [-0.4, -0.2) is 20.7 Å². The van der Waals surface area contributed by atoms with E-state index in [0.29, 0.717) is 19.5 Å². The van der Waals surface area contributed by atoms with Gasteiger partial charge in [0.25, 0.3) is 0 Å². The molecule has 1 heterocycles. The second-order valence-electron chi connectivity index (χ2n) is 5.85. The first-order valence-electron chi connectivity index (χ1n) is 7.91. The van der Waals surface area contributed by atoms with E-state index in [0.717, 1.165) is 16.7 Å². The quantitative estimate of drug-likeness (QED) is 0.759. The minimum atomic E-state index is 0.0329. The van der Waals surface area contributed by atoms with Gasteiger partial charge in [0.2, 0.25) is 5.91 Å². The third-order valence-electron chi connectivity index (χ3n) is 3.81. The molecule has 122 valence electrons. The molecule has 3 aromatic rings. The molecule has 0 aliphatic carbocycles. The van der Waals surface area contributed by atoms with Gasteiger partial charge in [-0.3, -0.25) is 4.79 Å². The van der Waals surface area contributed by atoms with Gasteiger partial charge in [0, 0.05) is 6.54 Å². The van der Waals surface area contributed by atoms with Crippen LogP contribution in [0.3, 0.4) is 0 Å². The molecule has 0 fully saturated rings. The van der Waals surface area contributed by atoms with Crippen LogP contribution in [0.5, 0.6) is 0 Å². The Bertz CT molecular complexity index is 777. The lowest BCUT2D eigenvalue weighted by Gasteiger charge is -2.07. The van der Waals surface area contributed by atoms with Crippen LogP contribution in [0, 0.1) is 6.92 Å². The number of carbonyl (C=O) groups is 1. The molecule has 0 atom stereocenters. The number of rotatable bonds is 6. The number of nitrogens with zero attached hydrogens (tertiary/aromatic N) is 3. The zero-order valence-corrected chi connectivity index (χ0v) is 13.6. The van der Waals surface area contributed by atoms with Gasteiger partial charge in [-0.2, -0.15) is 5.10 Å². The van der Waals surface area contributed by atoms with E-state index >= 15 is 0 Å². The van der Waals surface area contributed by atoms with E-state index in [1.807, 2.05) is 55.5 Å². The van der Waals surface area contributed by atoms with Crippen LogP contribution in [0.2, 0.25) is 0 Å². The molecule has 1 N–H and O–H groups in total. The molecule has 0 aliphatic rings. The molecule has 3 rings (SSSR count). The second-order valence-corrected chi connectivity index (χ2v) is 5.85. The van der Waals surface area contributed by atoms with Crippen molar-refractivity contribution in [3.8, 4) is 0 Å². The summed E-state index contributed by atoms with van der Waals surface area (Å²) in [4.78, 5) is 15.9. The van der Waals surface area contributed by atoms with Crippen molar-refractivity contribution < 1.29 is 4.79 Å². The summed E-state index contributed by atoms with van der Waals surface area (Å²) in [5, 5.41) is 7.05. The van der Waals surface area contributed by atoms with E-state index in [-0.39, 0.29) is 5.91 Å². The van der Waals surface area contributed by atoms with Crippen molar-refractivity contribution in [3.05, 3.63) is 83.4 Å². The van der Waals surface area contributed by atoms with Crippen molar-refractivity contribution in [3.63, 3.8) is 0 Å². The number of hydrogen-bond donors (Lipinski definition) is 1. The zero-order valence-electron chi connectivity index (χ0n) is 13.6. The minimum absolute atomic E-state index is 0.0329. The molecule has 1 amide bonds. The van der Waals surface area contributed by atoms with Gasteiger partial charge in [0.15, 0.2) is 0 Å². The SMILES string of the molecule is Cc1ccc(CC(=O)NCc2ccc(Cn3cncn3)cc2)cc1. The monoisotopic (exact) mass is 320 g/mol. The highest BCUT2D eigenvalue weighted by molar-refractivity contribution is 5.78. The fourth-order valence-corrected chi connectivity index (χ4v) is 2.42. The summed E-state index contributed by atoms with van der Waals surface area (Å²) in [5.74, 6) is 0.0329. The predicted molar refractivity (Wildman–Crippen MR) is 92.3 cm³/mol. The lowest BCUT2D eigenvalue weighted by molar-refractivity contribution is -0.120. The maximum atomic E-state index is 12.0. The van der Waals surface area contributed by atoms with Gasteiger partial charge in [-0.25, -0.2) is 9.67 Å². The van der Waals surface area contributed by atoms with Crippen LogP contribution in [-0.2, 0) is 24.3 Å². The van der Waals surface area contributed by atoms with Crippen molar-refractivity contribution in [2.75, 3.05) is 0 Å². The molecule has 0 unspecified atom stereocenters. The van der Waals surface area contributed by atoms with Gasteiger partial charge in [-0.1, -0.05) is 54.1 Å². The van der Waals surface area contributed by atoms with Crippen molar-refractivity contribution in [1.82, 2.24) is 20.1 Å². The molecule has 2 aromatic carbocycles. The first-order valence-corrected chi connectivity index (χ1v) is 7.91. The van der Waals surface area contributed by atoms with Crippen LogP contribution in [0.1, 0.15) is 22.3 Å². The fourth-order valence-electron chi connectivity index (χ4n) is 2.42. The van der Waals surface area contributed by atoms with Crippen LogP contribution in [0.4, 0.5) is 0 Å². The van der Waals surface area contributed by atoms with Gasteiger partial charge in [0.1, 0.15) is 12.7 Å². The highest BCUT2D eigenvalue weighted by Crippen LogP contribution is 2.07. The van der Waals surface area contributed by atoms with Crippen LogP contribution < -0.4 is 5.32 Å². The van der Waals surface area contributed by atoms with Crippen molar-refractivity contribution in [2.24, 2.45) is 0 Å². The number of aromatic nitrogens is 3. The number of amides is 1. The maximum absolute atomic E-state index is 12.0. The predicted octanol–water partition coefficient (Wildman–Crippen LogP) is 2.49. The Hall–Kier alpha value is -2.95. The molecule has 5 nitrogen and oxygen atoms in total. The van der Waals surface area contributed by atoms with E-state index in [1.165, 1.54) is 11.9 Å². The van der Waals surface area contributed by atoms with E-state index in [1.54, 1.807) is 11.0 Å². The number of aryl methyl sites for hydroxylation is 1. The molecule has 0 bridgehead atoms. The largest absolute Gasteiger partial charge is 0.352 e. The molecule has 0 aliphatic heterocycles. The van der Waals surface area contributed by atoms with Gasteiger partial charge in [-0.15, -0.1) is 0 Å². The Morgan fingerprint density at radius 3 is 2.33 bits per heavy atom. The molecular weight excluding hydrogens is 300 g/mol. The third kappa shape index (κ3) is 4.52. The summed E-state index contributed by atoms with van der Waals surface area (Å²) in [5.41, 5.74) is 4.45. The third-order valence-corrected chi connectivity index (χ3v) is 3.81. The summed E-state index contributed by atoms with van der Waals surface area (Å²) < 4.78 is 1.78. The minimum Gasteiger partial charge on any atom is -0.352 e. The van der Waals surface area contributed by atoms with Gasteiger partial charge in [0.05, 0.1) is 13.0 Å². The molecule has 1 aromatic heterocycles. The van der Waals surface area contributed by atoms with E-state index in [2.05, 4.69) is 15.4 Å². The Labute approximate surface area is 141 Å². The van der Waals surface area contributed by atoms with E-state index in [4.69, 9.17) is 0 Å². The first-order chi connectivity index (χ1) is 11.7. The van der Waals surface area contributed by atoms with Crippen molar-refractivity contribution in [1.29, 1.82) is 0 Å². The lowest BCUT2D eigenvalue weighted by Crippen LogP contribution is -2.24. The van der Waals surface area contributed by atoms with Gasteiger partial charge >= 0.3 is 0 Å². The Morgan fingerprint density at radius 2 is 1.67 bits per heavy atom. The smallest absolute Gasteiger partial charge is 0.224 e. The summed E-state index contributed by atoms with van der Waals surface area (Å²) in [6, 6.07) is 16.2. The van der Waals surface area contributed by atoms with Gasteiger partial charge in [-0.05, 0) is 23.6 Å². The average molecular weight is 320 g/mol. The number of carbonyl (C=O) groups excluding carboxylic acids is 1. The van der Waals surface area contributed by atoms with Crippen LogP contribution in [0.15, 0.2) is 61.2 Å². The van der Waals surface area contributed by atoms with Crippen LogP contribution >= 0.6 is 0 Å². The standard InChI is InChI=1S/C19H20N4O/c1-15-2-4-16(5-3-15)10-19(24)21-11-17-6-8-18(9-7-17)12-23-14-20-13-22-23/h2-9,13-14H,10-12H2,1H3,(H,21,24). The van der Waals surface area contributed by atoms with E-state index < -0.39 is 0 Å². The molecule has 5 heteroatoms. The molecule has 0 saturated heterocycles. The van der Waals surface area contributed by atoms with Crippen LogP contribution in [0.25, 0.3) is 0 Å². The molecule has 24 heavy (non-hydrogen) atoms. The highest BCUT2D eigenvalue weighted by Gasteiger charge is 2.03. The number of hydrogen-bond acceptors (Lipinski definition) is 3.